The molecule has 1 amide bonds. The minimum absolute atomic E-state index is 0.401. The second-order valence-corrected chi connectivity index (χ2v) is 4.78. The summed E-state index contributed by atoms with van der Waals surface area (Å²) in [5.41, 5.74) is 5.82. The molecule has 0 bridgehead atoms. The summed E-state index contributed by atoms with van der Waals surface area (Å²) >= 11 is 0. The van der Waals surface area contributed by atoms with Gasteiger partial charge in [-0.15, -0.1) is 0 Å². The van der Waals surface area contributed by atoms with E-state index in [0.29, 0.717) is 11.5 Å². The Morgan fingerprint density at radius 1 is 1.67 bits per heavy atom. The fourth-order valence-electron chi connectivity index (χ4n) is 2.47. The molecule has 1 unspecified atom stereocenters. The molecule has 1 aliphatic heterocycles. The number of hydrogen-bond donors (Lipinski definition) is 2. The minimum Gasteiger partial charge on any atom is -0.366 e. The summed E-state index contributed by atoms with van der Waals surface area (Å²) in [4.78, 5) is 17.7. The maximum atomic E-state index is 11.2. The molecule has 0 spiro atoms. The second-order valence-electron chi connectivity index (χ2n) is 4.78. The van der Waals surface area contributed by atoms with Gasteiger partial charge in [0.2, 0.25) is 5.91 Å². The summed E-state index contributed by atoms with van der Waals surface area (Å²) in [6.07, 6.45) is 4.05. The van der Waals surface area contributed by atoms with Gasteiger partial charge in [0, 0.05) is 24.8 Å². The Morgan fingerprint density at radius 3 is 3.22 bits per heavy atom. The molecule has 1 fully saturated rings. The smallest absolute Gasteiger partial charge is 0.248 e. The number of carbonyl (C=O) groups is 1. The van der Waals surface area contributed by atoms with E-state index in [9.17, 15) is 4.79 Å². The molecular weight excluding hydrogens is 228 g/mol. The second kappa shape index (κ2) is 5.82. The van der Waals surface area contributed by atoms with Crippen LogP contribution in [0.4, 0.5) is 5.82 Å². The zero-order chi connectivity index (χ0) is 13.0. The molecule has 1 aromatic heterocycles. The van der Waals surface area contributed by atoms with E-state index in [1.807, 2.05) is 7.05 Å². The lowest BCUT2D eigenvalue weighted by atomic mass is 9.98. The Balaban J connectivity index is 2.10. The lowest BCUT2D eigenvalue weighted by Crippen LogP contribution is -2.39. The number of piperidine rings is 1. The average molecular weight is 248 g/mol. The Morgan fingerprint density at radius 2 is 2.50 bits per heavy atom. The third kappa shape index (κ3) is 2.98. The predicted molar refractivity (Wildman–Crippen MR) is 71.6 cm³/mol. The van der Waals surface area contributed by atoms with Gasteiger partial charge in [-0.1, -0.05) is 0 Å². The van der Waals surface area contributed by atoms with Crippen LogP contribution in [-0.2, 0) is 0 Å². The first kappa shape index (κ1) is 12.8. The van der Waals surface area contributed by atoms with Crippen LogP contribution in [0.3, 0.4) is 0 Å². The van der Waals surface area contributed by atoms with Gasteiger partial charge in [-0.3, -0.25) is 4.79 Å². The molecule has 5 nitrogen and oxygen atoms in total. The number of nitrogens with one attached hydrogen (secondary N) is 1. The van der Waals surface area contributed by atoms with Crippen molar-refractivity contribution in [1.29, 1.82) is 0 Å². The number of aromatic nitrogens is 1. The van der Waals surface area contributed by atoms with Crippen LogP contribution in [0, 0.1) is 5.92 Å². The minimum atomic E-state index is -0.401. The summed E-state index contributed by atoms with van der Waals surface area (Å²) in [5, 5.41) is 3.22. The number of amides is 1. The molecule has 3 N–H and O–H groups in total. The number of nitrogens with zero attached hydrogens (tertiary/aromatic N) is 2. The lowest BCUT2D eigenvalue weighted by molar-refractivity contribution is 0.1000. The van der Waals surface area contributed by atoms with E-state index in [4.69, 9.17) is 5.73 Å². The van der Waals surface area contributed by atoms with Crippen LogP contribution >= 0.6 is 0 Å². The number of anilines is 1. The van der Waals surface area contributed by atoms with Crippen molar-refractivity contribution in [3.05, 3.63) is 23.9 Å². The standard InChI is InChI=1S/C13H20N4O/c1-15-8-10-3-2-6-17(9-10)12-7-11(13(14)18)4-5-16-12/h4-5,7,10,15H,2-3,6,8-9H2,1H3,(H2,14,18). The topological polar surface area (TPSA) is 71.2 Å². The highest BCUT2D eigenvalue weighted by Gasteiger charge is 2.20. The number of pyridine rings is 1. The molecule has 1 aromatic rings. The van der Waals surface area contributed by atoms with Crippen LogP contribution in [0.1, 0.15) is 23.2 Å². The number of rotatable bonds is 4. The normalized spacial score (nSPS) is 19.8. The van der Waals surface area contributed by atoms with E-state index in [1.165, 1.54) is 6.42 Å². The molecule has 0 radical (unpaired) electrons. The summed E-state index contributed by atoms with van der Waals surface area (Å²) in [7, 11) is 1.98. The molecule has 5 heteroatoms. The highest BCUT2D eigenvalue weighted by molar-refractivity contribution is 5.93. The van der Waals surface area contributed by atoms with Crippen LogP contribution in [0.25, 0.3) is 0 Å². The van der Waals surface area contributed by atoms with E-state index in [2.05, 4.69) is 15.2 Å². The molecule has 0 aromatic carbocycles. The first-order chi connectivity index (χ1) is 8.70. The van der Waals surface area contributed by atoms with Crippen LogP contribution < -0.4 is 16.0 Å². The SMILES string of the molecule is CNCC1CCCN(c2cc(C(N)=O)ccn2)C1. The molecule has 98 valence electrons. The van der Waals surface area contributed by atoms with Crippen LogP contribution in [0.5, 0.6) is 0 Å². The first-order valence-corrected chi connectivity index (χ1v) is 6.36. The zero-order valence-electron chi connectivity index (χ0n) is 10.7. The van der Waals surface area contributed by atoms with E-state index in [1.54, 1.807) is 18.3 Å². The maximum absolute atomic E-state index is 11.2. The number of primary amides is 1. The molecule has 0 saturated carbocycles. The molecule has 2 heterocycles. The van der Waals surface area contributed by atoms with Gasteiger partial charge in [0.05, 0.1) is 0 Å². The van der Waals surface area contributed by atoms with E-state index < -0.39 is 5.91 Å². The summed E-state index contributed by atoms with van der Waals surface area (Å²) in [6, 6.07) is 3.44. The van der Waals surface area contributed by atoms with Crippen molar-refractivity contribution in [3.63, 3.8) is 0 Å². The molecule has 1 saturated heterocycles. The van der Waals surface area contributed by atoms with Crippen molar-refractivity contribution >= 4 is 11.7 Å². The van der Waals surface area contributed by atoms with Crippen molar-refractivity contribution in [2.75, 3.05) is 31.6 Å². The van der Waals surface area contributed by atoms with Gasteiger partial charge in [0.1, 0.15) is 5.82 Å². The van der Waals surface area contributed by atoms with Gasteiger partial charge < -0.3 is 16.0 Å². The van der Waals surface area contributed by atoms with Crippen molar-refractivity contribution < 1.29 is 4.79 Å². The third-order valence-electron chi connectivity index (χ3n) is 3.37. The fraction of sp³-hybridized carbons (Fsp3) is 0.538. The Bertz CT molecular complexity index is 419. The summed E-state index contributed by atoms with van der Waals surface area (Å²) in [5.74, 6) is 1.09. The highest BCUT2D eigenvalue weighted by atomic mass is 16.1. The lowest BCUT2D eigenvalue weighted by Gasteiger charge is -2.33. The molecule has 2 rings (SSSR count). The molecular formula is C13H20N4O. The zero-order valence-corrected chi connectivity index (χ0v) is 10.7. The molecule has 18 heavy (non-hydrogen) atoms. The Kier molecular flexibility index (Phi) is 4.15. The summed E-state index contributed by atoms with van der Waals surface area (Å²) < 4.78 is 0. The van der Waals surface area contributed by atoms with E-state index >= 15 is 0 Å². The van der Waals surface area contributed by atoms with Gasteiger partial charge in [0.15, 0.2) is 0 Å². The number of carbonyl (C=O) groups excluding carboxylic acids is 1. The molecule has 1 atom stereocenters. The molecule has 1 aliphatic rings. The quantitative estimate of drug-likeness (QED) is 0.819. The fourth-order valence-corrected chi connectivity index (χ4v) is 2.47. The van der Waals surface area contributed by atoms with Gasteiger partial charge in [0.25, 0.3) is 0 Å². The predicted octanol–water partition coefficient (Wildman–Crippen LogP) is 0.616. The number of nitrogens with two attached hydrogens (primary N) is 1. The van der Waals surface area contributed by atoms with Gasteiger partial charge in [-0.2, -0.15) is 0 Å². The van der Waals surface area contributed by atoms with E-state index in [0.717, 1.165) is 31.9 Å². The van der Waals surface area contributed by atoms with Crippen LogP contribution in [0.15, 0.2) is 18.3 Å². The largest absolute Gasteiger partial charge is 0.366 e. The Labute approximate surface area is 107 Å². The van der Waals surface area contributed by atoms with Gasteiger partial charge in [-0.05, 0) is 44.5 Å². The van der Waals surface area contributed by atoms with Gasteiger partial charge in [-0.25, -0.2) is 4.98 Å². The third-order valence-corrected chi connectivity index (χ3v) is 3.37. The van der Waals surface area contributed by atoms with Crippen LogP contribution in [0.2, 0.25) is 0 Å². The van der Waals surface area contributed by atoms with Crippen molar-refractivity contribution in [2.45, 2.75) is 12.8 Å². The monoisotopic (exact) mass is 248 g/mol. The van der Waals surface area contributed by atoms with Crippen molar-refractivity contribution in [3.8, 4) is 0 Å². The summed E-state index contributed by atoms with van der Waals surface area (Å²) in [6.45, 7) is 3.00. The first-order valence-electron chi connectivity index (χ1n) is 6.36. The number of hydrogen-bond acceptors (Lipinski definition) is 4. The maximum Gasteiger partial charge on any atom is 0.248 e. The Hall–Kier alpha value is -1.62. The molecule has 0 aliphatic carbocycles. The van der Waals surface area contributed by atoms with Crippen molar-refractivity contribution in [1.82, 2.24) is 10.3 Å². The highest BCUT2D eigenvalue weighted by Crippen LogP contribution is 2.21. The van der Waals surface area contributed by atoms with Crippen molar-refractivity contribution in [2.24, 2.45) is 11.7 Å². The van der Waals surface area contributed by atoms with E-state index in [-0.39, 0.29) is 0 Å². The average Bonchev–Trinajstić information content (AvgIpc) is 2.39. The van der Waals surface area contributed by atoms with Gasteiger partial charge >= 0.3 is 0 Å². The van der Waals surface area contributed by atoms with Crippen LogP contribution in [-0.4, -0.2) is 37.6 Å².